The van der Waals surface area contributed by atoms with Gasteiger partial charge in [-0.1, -0.05) is 192 Å². The van der Waals surface area contributed by atoms with E-state index in [0.717, 1.165) is 27.9 Å². The molecule has 9 aromatic rings. The minimum Gasteiger partial charge on any atom is -0.508 e. The number of benzene rings is 9. The van der Waals surface area contributed by atoms with Crippen molar-refractivity contribution in [3.63, 3.8) is 0 Å². The van der Waals surface area contributed by atoms with Crippen molar-refractivity contribution in [3.8, 4) is 33.8 Å². The highest BCUT2D eigenvalue weighted by Gasteiger charge is 2.50. The van der Waals surface area contributed by atoms with Gasteiger partial charge in [-0.3, -0.25) is 0 Å². The fraction of sp³-hybridized carbons (Fsp3) is 0.129. The Balaban J connectivity index is 1.11. The second-order valence-electron chi connectivity index (χ2n) is 21.6. The molecule has 0 saturated heterocycles. The first-order valence-electron chi connectivity index (χ1n) is 24.4. The van der Waals surface area contributed by atoms with Gasteiger partial charge < -0.3 is 20.0 Å². The van der Waals surface area contributed by atoms with Crippen molar-refractivity contribution in [2.45, 2.75) is 52.4 Å². The fourth-order valence-electron chi connectivity index (χ4n) is 12.1. The van der Waals surface area contributed by atoms with Crippen LogP contribution in [0.15, 0.2) is 188 Å². The highest BCUT2D eigenvalue weighted by atomic mass is 16.3. The van der Waals surface area contributed by atoms with Crippen LogP contribution in [-0.4, -0.2) is 30.4 Å². The van der Waals surface area contributed by atoms with Crippen LogP contribution in [0, 0.1) is 0 Å². The normalized spacial score (nSPS) is 13.9. The predicted octanol–water partition coefficient (Wildman–Crippen LogP) is 8.77. The Kier molecular flexibility index (Phi) is 8.99. The number of phenols is 2. The third-order valence-electron chi connectivity index (χ3n) is 15.5. The number of para-hydroxylation sites is 2. The summed E-state index contributed by atoms with van der Waals surface area (Å²) >= 11 is 0. The molecule has 0 bridgehead atoms. The van der Waals surface area contributed by atoms with E-state index in [9.17, 15) is 10.2 Å². The molecule has 0 saturated carbocycles. The van der Waals surface area contributed by atoms with Crippen molar-refractivity contribution in [3.05, 3.63) is 199 Å². The smallest absolute Gasteiger partial charge is 0.252 e. The SMILES string of the molecule is CC(C)(C)c1ccc(B2c3ccccc3N3c4cccc5c4B(c4cccc2c43)c2cc(-c3ccc(O)cc3)cc3c2N5c2ccc(-c4ccc(O)cc4)cc2B3c2ccc(C(C)(C)C)cc2)cc1. The van der Waals surface area contributed by atoms with E-state index in [4.69, 9.17) is 0 Å². The van der Waals surface area contributed by atoms with Crippen LogP contribution in [0.5, 0.6) is 11.5 Å². The van der Waals surface area contributed by atoms with Gasteiger partial charge in [0, 0.05) is 34.1 Å². The van der Waals surface area contributed by atoms with Gasteiger partial charge in [-0.25, -0.2) is 0 Å². The molecule has 13 rings (SSSR count). The Morgan fingerprint density at radius 2 is 0.739 bits per heavy atom. The van der Waals surface area contributed by atoms with E-state index in [-0.39, 0.29) is 42.5 Å². The van der Waals surface area contributed by atoms with Crippen LogP contribution in [0.25, 0.3) is 22.3 Å². The topological polar surface area (TPSA) is 46.9 Å². The molecule has 4 heterocycles. The van der Waals surface area contributed by atoms with Gasteiger partial charge >= 0.3 is 0 Å². The zero-order valence-electron chi connectivity index (χ0n) is 39.9. The zero-order valence-corrected chi connectivity index (χ0v) is 39.9. The molecule has 330 valence electrons. The van der Waals surface area contributed by atoms with Crippen molar-refractivity contribution < 1.29 is 10.2 Å². The molecule has 0 aliphatic carbocycles. The molecule has 69 heavy (non-hydrogen) atoms. The second kappa shape index (κ2) is 14.9. The summed E-state index contributed by atoms with van der Waals surface area (Å²) in [6, 6.07) is 68.9. The fourth-order valence-corrected chi connectivity index (χ4v) is 12.1. The summed E-state index contributed by atoms with van der Waals surface area (Å²) in [5.41, 5.74) is 25.8. The number of aromatic hydroxyl groups is 2. The van der Waals surface area contributed by atoms with Crippen molar-refractivity contribution in [2.24, 2.45) is 0 Å². The van der Waals surface area contributed by atoms with Gasteiger partial charge in [-0.15, -0.1) is 0 Å². The summed E-state index contributed by atoms with van der Waals surface area (Å²) in [6.45, 7) is 13.6. The zero-order chi connectivity index (χ0) is 47.1. The van der Waals surface area contributed by atoms with Gasteiger partial charge in [-0.05, 0) is 131 Å². The van der Waals surface area contributed by atoms with Gasteiger partial charge in [0.2, 0.25) is 13.4 Å². The van der Waals surface area contributed by atoms with E-state index in [2.05, 4.69) is 203 Å². The number of hydrogen-bond acceptors (Lipinski definition) is 4. The lowest BCUT2D eigenvalue weighted by molar-refractivity contribution is 0.475. The Morgan fingerprint density at radius 1 is 0.333 bits per heavy atom. The summed E-state index contributed by atoms with van der Waals surface area (Å²) in [4.78, 5) is 5.14. The van der Waals surface area contributed by atoms with Gasteiger partial charge in [-0.2, -0.15) is 0 Å². The Bertz CT molecular complexity index is 3550. The average Bonchev–Trinajstić information content (AvgIpc) is 3.35. The maximum atomic E-state index is 10.6. The first-order valence-corrected chi connectivity index (χ1v) is 24.4. The van der Waals surface area contributed by atoms with Gasteiger partial charge in [0.15, 0.2) is 0 Å². The van der Waals surface area contributed by atoms with Crippen LogP contribution in [-0.2, 0) is 10.8 Å². The van der Waals surface area contributed by atoms with Crippen LogP contribution in [0.1, 0.15) is 52.7 Å². The molecule has 4 aliphatic heterocycles. The largest absolute Gasteiger partial charge is 0.508 e. The van der Waals surface area contributed by atoms with E-state index in [1.54, 1.807) is 24.3 Å². The molecular formula is C62H51B3N2O2. The molecule has 0 radical (unpaired) electrons. The maximum absolute atomic E-state index is 10.6. The summed E-state index contributed by atoms with van der Waals surface area (Å²) in [5, 5.41) is 20.9. The lowest BCUT2D eigenvalue weighted by atomic mass is 9.28. The molecule has 4 nitrogen and oxygen atoms in total. The van der Waals surface area contributed by atoms with E-state index in [1.165, 1.54) is 88.7 Å². The van der Waals surface area contributed by atoms with Gasteiger partial charge in [0.25, 0.3) is 6.71 Å². The lowest BCUT2D eigenvalue weighted by Gasteiger charge is -2.49. The minimum absolute atomic E-state index is 0.00426. The third kappa shape index (κ3) is 6.32. The van der Waals surface area contributed by atoms with Crippen LogP contribution >= 0.6 is 0 Å². The Morgan fingerprint density at radius 3 is 1.30 bits per heavy atom. The van der Waals surface area contributed by atoms with E-state index in [0.29, 0.717) is 0 Å². The number of nitrogens with zero attached hydrogens (tertiary/aromatic N) is 2. The number of anilines is 6. The molecule has 0 aromatic heterocycles. The molecular weight excluding hydrogens is 837 g/mol. The third-order valence-corrected chi connectivity index (χ3v) is 15.5. The number of phenolic OH excluding ortho intramolecular Hbond substituents is 2. The summed E-state index contributed by atoms with van der Waals surface area (Å²) in [5.74, 6) is 0.505. The van der Waals surface area contributed by atoms with Crippen LogP contribution in [0.2, 0.25) is 0 Å². The van der Waals surface area contributed by atoms with Crippen molar-refractivity contribution in [1.29, 1.82) is 0 Å². The average molecular weight is 889 g/mol. The summed E-state index contributed by atoms with van der Waals surface area (Å²) in [6.07, 6.45) is 0. The standard InChI is InChI=1S/C62H51B3N2O2/c1-61(2,3)42-22-26-44(27-23-42)63-48-11-7-8-14-54(48)66-56-15-10-16-57-58(56)65(50-13-9-12-49(63)59(50)66)53-37-41(39-19-32-47(69)33-20-39)36-52-60(53)67(57)55-34-21-40(38-17-30-46(68)31-18-38)35-51(55)64(52)45-28-24-43(25-29-45)62(4,5)6/h7-37,68-69H,1-6H3. The Labute approximate surface area is 406 Å². The molecule has 0 spiro atoms. The molecule has 0 unspecified atom stereocenters. The second-order valence-corrected chi connectivity index (χ2v) is 21.6. The number of hydrogen-bond donors (Lipinski definition) is 2. The van der Waals surface area contributed by atoms with Crippen molar-refractivity contribution in [1.82, 2.24) is 0 Å². The maximum Gasteiger partial charge on any atom is 0.252 e. The summed E-state index contributed by atoms with van der Waals surface area (Å²) in [7, 11) is 0. The molecule has 9 aromatic carbocycles. The number of rotatable bonds is 4. The molecule has 0 atom stereocenters. The van der Waals surface area contributed by atoms with Crippen molar-refractivity contribution >= 4 is 103 Å². The predicted molar refractivity (Wildman–Crippen MR) is 294 cm³/mol. The van der Waals surface area contributed by atoms with E-state index >= 15 is 0 Å². The van der Waals surface area contributed by atoms with E-state index < -0.39 is 0 Å². The monoisotopic (exact) mass is 888 g/mol. The lowest BCUT2D eigenvalue weighted by Crippen LogP contribution is -2.69. The van der Waals surface area contributed by atoms with Crippen LogP contribution in [0.4, 0.5) is 34.1 Å². The van der Waals surface area contributed by atoms with Crippen molar-refractivity contribution in [2.75, 3.05) is 9.80 Å². The molecule has 0 fully saturated rings. The van der Waals surface area contributed by atoms with Crippen LogP contribution in [0.3, 0.4) is 0 Å². The Hall–Kier alpha value is -7.63. The van der Waals surface area contributed by atoms with Gasteiger partial charge in [0.05, 0.1) is 0 Å². The molecule has 4 aliphatic rings. The number of fused-ring (bicyclic) bond motifs is 8. The van der Waals surface area contributed by atoms with E-state index in [1.807, 2.05) is 12.1 Å². The van der Waals surface area contributed by atoms with Gasteiger partial charge in [0.1, 0.15) is 11.5 Å². The minimum atomic E-state index is -0.102. The first-order chi connectivity index (χ1) is 33.3. The highest BCUT2D eigenvalue weighted by molar-refractivity contribution is 7.05. The quantitative estimate of drug-likeness (QED) is 0.174. The highest BCUT2D eigenvalue weighted by Crippen LogP contribution is 2.46. The first kappa shape index (κ1) is 41.6. The van der Waals surface area contributed by atoms with Crippen LogP contribution < -0.4 is 59.0 Å². The molecule has 7 heteroatoms. The molecule has 0 amide bonds. The molecule has 2 N–H and O–H groups in total. The summed E-state index contributed by atoms with van der Waals surface area (Å²) < 4.78 is 0.